The van der Waals surface area contributed by atoms with Gasteiger partial charge in [-0.25, -0.2) is 9.18 Å². The number of benzene rings is 2. The minimum atomic E-state index is -0.624. The van der Waals surface area contributed by atoms with E-state index in [0.717, 1.165) is 35.1 Å². The van der Waals surface area contributed by atoms with Gasteiger partial charge in [0.15, 0.2) is 0 Å². The van der Waals surface area contributed by atoms with Gasteiger partial charge in [-0.1, -0.05) is 30.3 Å². The van der Waals surface area contributed by atoms with Crippen LogP contribution in [0.15, 0.2) is 42.5 Å². The summed E-state index contributed by atoms with van der Waals surface area (Å²) < 4.78 is 13.5. The first-order chi connectivity index (χ1) is 11.6. The maximum atomic E-state index is 13.5. The lowest BCUT2D eigenvalue weighted by Gasteiger charge is -2.21. The topological polar surface area (TPSA) is 61.4 Å². The number of nitrogens with one attached hydrogen (secondary N) is 2. The van der Waals surface area contributed by atoms with Crippen LogP contribution in [0.3, 0.4) is 0 Å². The Morgan fingerprint density at radius 1 is 1.08 bits per heavy atom. The minimum Gasteiger partial charge on any atom is -0.390 e. The number of aliphatic hydroxyl groups is 1. The third kappa shape index (κ3) is 2.65. The molecule has 0 saturated heterocycles. The van der Waals surface area contributed by atoms with Crippen molar-refractivity contribution in [3.63, 3.8) is 0 Å². The van der Waals surface area contributed by atoms with Gasteiger partial charge in [-0.05, 0) is 47.2 Å². The van der Waals surface area contributed by atoms with Gasteiger partial charge in [0.05, 0.1) is 18.2 Å². The van der Waals surface area contributed by atoms with Crippen molar-refractivity contribution in [3.8, 4) is 0 Å². The Hall–Kier alpha value is -2.40. The van der Waals surface area contributed by atoms with E-state index in [1.165, 1.54) is 12.1 Å². The Morgan fingerprint density at radius 2 is 1.92 bits per heavy atom. The molecule has 1 unspecified atom stereocenters. The van der Waals surface area contributed by atoms with Gasteiger partial charge in [-0.3, -0.25) is 0 Å². The van der Waals surface area contributed by atoms with Crippen molar-refractivity contribution < 1.29 is 14.3 Å². The average molecular weight is 326 g/mol. The van der Waals surface area contributed by atoms with Crippen molar-refractivity contribution in [1.82, 2.24) is 10.6 Å². The number of fused-ring (bicyclic) bond motifs is 2. The van der Waals surface area contributed by atoms with Gasteiger partial charge < -0.3 is 15.7 Å². The predicted molar refractivity (Wildman–Crippen MR) is 88.0 cm³/mol. The lowest BCUT2D eigenvalue weighted by Crippen LogP contribution is -2.42. The molecule has 4 rings (SSSR count). The molecule has 2 aromatic carbocycles. The molecule has 3 N–H and O–H groups in total. The van der Waals surface area contributed by atoms with Crippen LogP contribution in [0.4, 0.5) is 9.18 Å². The van der Waals surface area contributed by atoms with Gasteiger partial charge in [-0.2, -0.15) is 0 Å². The van der Waals surface area contributed by atoms with Crippen LogP contribution in [0.25, 0.3) is 0 Å². The van der Waals surface area contributed by atoms with E-state index in [0.29, 0.717) is 6.42 Å². The van der Waals surface area contributed by atoms with E-state index >= 15 is 0 Å². The summed E-state index contributed by atoms with van der Waals surface area (Å²) in [6, 6.07) is 11.5. The highest BCUT2D eigenvalue weighted by Gasteiger charge is 2.33. The number of carbonyl (C=O) groups is 1. The first-order valence-corrected chi connectivity index (χ1v) is 8.23. The highest BCUT2D eigenvalue weighted by molar-refractivity contribution is 5.75. The normalized spacial score (nSPS) is 24.3. The monoisotopic (exact) mass is 326 g/mol. The van der Waals surface area contributed by atoms with Crippen LogP contribution in [0.5, 0.6) is 0 Å². The molecule has 0 radical (unpaired) electrons. The molecule has 3 atom stereocenters. The second kappa shape index (κ2) is 5.91. The number of aliphatic hydroxyl groups excluding tert-OH is 1. The van der Waals surface area contributed by atoms with Crippen LogP contribution in [0, 0.1) is 5.82 Å². The molecule has 0 fully saturated rings. The molecule has 0 bridgehead atoms. The van der Waals surface area contributed by atoms with Crippen molar-refractivity contribution in [2.45, 2.75) is 37.5 Å². The quantitative estimate of drug-likeness (QED) is 0.795. The third-order valence-corrected chi connectivity index (χ3v) is 4.98. The Labute approximate surface area is 139 Å². The van der Waals surface area contributed by atoms with Crippen LogP contribution >= 0.6 is 0 Å². The molecule has 0 saturated carbocycles. The zero-order chi connectivity index (χ0) is 16.7. The lowest BCUT2D eigenvalue weighted by atomic mass is 10.1. The summed E-state index contributed by atoms with van der Waals surface area (Å²) in [6.45, 7) is 0. The molecule has 2 amide bonds. The van der Waals surface area contributed by atoms with Crippen LogP contribution in [0.2, 0.25) is 0 Å². The van der Waals surface area contributed by atoms with E-state index in [-0.39, 0.29) is 17.9 Å². The molecule has 2 aliphatic rings. The van der Waals surface area contributed by atoms with Crippen molar-refractivity contribution in [1.29, 1.82) is 0 Å². The Morgan fingerprint density at radius 3 is 2.79 bits per heavy atom. The van der Waals surface area contributed by atoms with Crippen LogP contribution in [0.1, 0.15) is 40.8 Å². The van der Waals surface area contributed by atoms with E-state index in [1.54, 1.807) is 6.07 Å². The van der Waals surface area contributed by atoms with Gasteiger partial charge in [-0.15, -0.1) is 0 Å². The minimum absolute atomic E-state index is 0.190. The number of carbonyl (C=O) groups excluding carboxylic acids is 1. The van der Waals surface area contributed by atoms with Gasteiger partial charge >= 0.3 is 6.03 Å². The molecule has 124 valence electrons. The summed E-state index contributed by atoms with van der Waals surface area (Å²) >= 11 is 0. The number of hydrogen-bond donors (Lipinski definition) is 3. The standard InChI is InChI=1S/C19H19FN2O2/c20-13-7-5-11-6-8-16(15(11)10-13)21-19(24)22-18-14-4-2-1-3-12(14)9-17(18)23/h1-5,7,10,16-18,23H,6,8-9H2,(H2,21,22,24)/t16?,17-,18+/m0/s1. The zero-order valence-corrected chi connectivity index (χ0v) is 13.1. The van der Waals surface area contributed by atoms with Gasteiger partial charge in [0.25, 0.3) is 0 Å². The first-order valence-electron chi connectivity index (χ1n) is 8.23. The summed E-state index contributed by atoms with van der Waals surface area (Å²) in [5.74, 6) is -0.289. The van der Waals surface area contributed by atoms with Crippen LogP contribution in [-0.4, -0.2) is 17.2 Å². The second-order valence-corrected chi connectivity index (χ2v) is 6.50. The Bertz CT molecular complexity index is 793. The predicted octanol–water partition coefficient (Wildman–Crippen LogP) is 2.77. The fourth-order valence-corrected chi connectivity index (χ4v) is 3.81. The number of halogens is 1. The van der Waals surface area contributed by atoms with Crippen molar-refractivity contribution >= 4 is 6.03 Å². The number of aryl methyl sites for hydroxylation is 1. The van der Waals surface area contributed by atoms with Crippen LogP contribution < -0.4 is 10.6 Å². The van der Waals surface area contributed by atoms with E-state index in [4.69, 9.17) is 0 Å². The number of rotatable bonds is 2. The number of amides is 2. The molecule has 0 aromatic heterocycles. The number of urea groups is 1. The van der Waals surface area contributed by atoms with Crippen LogP contribution in [-0.2, 0) is 12.8 Å². The third-order valence-electron chi connectivity index (χ3n) is 4.98. The zero-order valence-electron chi connectivity index (χ0n) is 13.1. The molecular formula is C19H19FN2O2. The van der Waals surface area contributed by atoms with E-state index in [1.807, 2.05) is 24.3 Å². The average Bonchev–Trinajstić information content (AvgIpc) is 3.09. The highest BCUT2D eigenvalue weighted by Crippen LogP contribution is 2.33. The molecule has 0 aliphatic heterocycles. The molecule has 4 nitrogen and oxygen atoms in total. The maximum absolute atomic E-state index is 13.5. The Kier molecular flexibility index (Phi) is 3.73. The smallest absolute Gasteiger partial charge is 0.315 e. The van der Waals surface area contributed by atoms with Crippen molar-refractivity contribution in [2.24, 2.45) is 0 Å². The SMILES string of the molecule is O=C(NC1CCc2ccc(F)cc21)N[C@@H]1c2ccccc2C[C@@H]1O. The van der Waals surface area contributed by atoms with E-state index < -0.39 is 12.1 Å². The molecule has 2 aliphatic carbocycles. The summed E-state index contributed by atoms with van der Waals surface area (Å²) in [4.78, 5) is 12.4. The highest BCUT2D eigenvalue weighted by atomic mass is 19.1. The molecular weight excluding hydrogens is 307 g/mol. The first kappa shape index (κ1) is 15.1. The van der Waals surface area contributed by atoms with Gasteiger partial charge in [0.1, 0.15) is 5.82 Å². The fraction of sp³-hybridized carbons (Fsp3) is 0.316. The summed E-state index contributed by atoms with van der Waals surface area (Å²) in [5, 5.41) is 16.0. The molecule has 24 heavy (non-hydrogen) atoms. The lowest BCUT2D eigenvalue weighted by molar-refractivity contribution is 0.142. The van der Waals surface area contributed by atoms with Crippen molar-refractivity contribution in [2.75, 3.05) is 0 Å². The largest absolute Gasteiger partial charge is 0.390 e. The summed E-state index contributed by atoms with van der Waals surface area (Å²) in [5.41, 5.74) is 3.94. The second-order valence-electron chi connectivity index (χ2n) is 6.50. The fourth-order valence-electron chi connectivity index (χ4n) is 3.81. The van der Waals surface area contributed by atoms with E-state index in [2.05, 4.69) is 10.6 Å². The molecule has 0 spiro atoms. The van der Waals surface area contributed by atoms with E-state index in [9.17, 15) is 14.3 Å². The van der Waals surface area contributed by atoms with Gasteiger partial charge in [0.2, 0.25) is 0 Å². The maximum Gasteiger partial charge on any atom is 0.315 e. The molecule has 2 aromatic rings. The Balaban J connectivity index is 1.46. The summed E-state index contributed by atoms with van der Waals surface area (Å²) in [7, 11) is 0. The molecule has 0 heterocycles. The molecule has 5 heteroatoms. The van der Waals surface area contributed by atoms with Crippen molar-refractivity contribution in [3.05, 3.63) is 70.5 Å². The summed E-state index contributed by atoms with van der Waals surface area (Å²) in [6.07, 6.45) is 1.51. The van der Waals surface area contributed by atoms with Gasteiger partial charge in [0, 0.05) is 6.42 Å². The number of hydrogen-bond acceptors (Lipinski definition) is 2.